The van der Waals surface area contributed by atoms with E-state index in [2.05, 4.69) is 16.9 Å². The number of rotatable bonds is 3. The number of ether oxygens (including phenoxy) is 1. The Bertz CT molecular complexity index is 417. The molecule has 1 fully saturated rings. The van der Waals surface area contributed by atoms with Gasteiger partial charge in [0.05, 0.1) is 0 Å². The van der Waals surface area contributed by atoms with Gasteiger partial charge in [0.15, 0.2) is 0 Å². The van der Waals surface area contributed by atoms with E-state index in [0.717, 1.165) is 11.6 Å². The van der Waals surface area contributed by atoms with Crippen molar-refractivity contribution < 1.29 is 9.53 Å². The fourth-order valence-corrected chi connectivity index (χ4v) is 1.76. The third-order valence-corrected chi connectivity index (χ3v) is 2.92. The minimum atomic E-state index is -0.725. The number of nitrogens with two attached hydrogens (primary N) is 2. The summed E-state index contributed by atoms with van der Waals surface area (Å²) in [6, 6.07) is 8.25. The van der Waals surface area contributed by atoms with Crippen LogP contribution >= 0.6 is 0 Å². The molecule has 2 rings (SSSR count). The molecule has 4 N–H and O–H groups in total. The average Bonchev–Trinajstić information content (AvgIpc) is 3.09. The van der Waals surface area contributed by atoms with Crippen LogP contribution in [0.15, 0.2) is 24.3 Å². The molecule has 4 heteroatoms. The van der Waals surface area contributed by atoms with Crippen LogP contribution in [0.3, 0.4) is 0 Å². The molecule has 1 saturated carbocycles. The summed E-state index contributed by atoms with van der Waals surface area (Å²) in [6.45, 7) is 5.28. The average molecular weight is 278 g/mol. The number of hydrogen-bond donors (Lipinski definition) is 2. The molecular weight excluding hydrogens is 252 g/mol. The van der Waals surface area contributed by atoms with Gasteiger partial charge in [-0.2, -0.15) is 0 Å². The molecule has 0 aliphatic heterocycles. The van der Waals surface area contributed by atoms with Gasteiger partial charge in [-0.3, -0.25) is 0 Å². The minimum Gasteiger partial charge on any atom is -0.444 e. The van der Waals surface area contributed by atoms with Crippen LogP contribution in [-0.4, -0.2) is 11.7 Å². The van der Waals surface area contributed by atoms with Gasteiger partial charge in [-0.05, 0) is 57.2 Å². The summed E-state index contributed by atoms with van der Waals surface area (Å²) >= 11 is 0. The van der Waals surface area contributed by atoms with E-state index >= 15 is 0 Å². The van der Waals surface area contributed by atoms with E-state index in [1.54, 1.807) is 20.8 Å². The molecule has 112 valence electrons. The van der Waals surface area contributed by atoms with Crippen molar-refractivity contribution in [3.63, 3.8) is 0 Å². The largest absolute Gasteiger partial charge is 0.444 e. The van der Waals surface area contributed by atoms with E-state index in [1.807, 2.05) is 12.1 Å². The summed E-state index contributed by atoms with van der Waals surface area (Å²) in [4.78, 5) is 10.0. The second kappa shape index (κ2) is 7.17. The molecule has 1 amide bonds. The van der Waals surface area contributed by atoms with Gasteiger partial charge in [0.2, 0.25) is 0 Å². The Hall–Kier alpha value is -1.71. The number of anilines is 1. The standard InChI is InChI=1S/C11H15N.C5H11NO2/c12-11-7-5-10(6-8-11)4-3-9-1-2-9;1-5(2,3)8-4(6)7/h5-9H,1-4,12H2;1-3H3,(H2,6,7). The van der Waals surface area contributed by atoms with E-state index in [0.29, 0.717) is 0 Å². The van der Waals surface area contributed by atoms with Crippen molar-refractivity contribution in [1.29, 1.82) is 0 Å². The van der Waals surface area contributed by atoms with Crippen LogP contribution in [0.2, 0.25) is 0 Å². The Kier molecular flexibility index (Phi) is 5.86. The lowest BCUT2D eigenvalue weighted by Gasteiger charge is -2.16. The Morgan fingerprint density at radius 2 is 1.80 bits per heavy atom. The Balaban J connectivity index is 0.000000221. The maximum Gasteiger partial charge on any atom is 0.405 e. The van der Waals surface area contributed by atoms with Gasteiger partial charge in [-0.15, -0.1) is 0 Å². The fraction of sp³-hybridized carbons (Fsp3) is 0.562. The maximum absolute atomic E-state index is 10.0. The molecule has 4 nitrogen and oxygen atoms in total. The summed E-state index contributed by atoms with van der Waals surface area (Å²) in [5, 5.41) is 0. The molecule has 0 atom stereocenters. The van der Waals surface area contributed by atoms with Crippen LogP contribution in [-0.2, 0) is 11.2 Å². The Morgan fingerprint density at radius 1 is 1.25 bits per heavy atom. The Labute approximate surface area is 121 Å². The Morgan fingerprint density at radius 3 is 2.15 bits per heavy atom. The van der Waals surface area contributed by atoms with Crippen molar-refractivity contribution in [2.75, 3.05) is 5.73 Å². The molecule has 1 aliphatic carbocycles. The molecule has 0 bridgehead atoms. The van der Waals surface area contributed by atoms with Crippen LogP contribution in [0, 0.1) is 5.92 Å². The quantitative estimate of drug-likeness (QED) is 0.831. The summed E-state index contributed by atoms with van der Waals surface area (Å²) in [7, 11) is 0. The zero-order valence-electron chi connectivity index (χ0n) is 12.7. The first kappa shape index (κ1) is 16.3. The molecule has 1 aliphatic rings. The first-order valence-corrected chi connectivity index (χ1v) is 7.09. The van der Waals surface area contributed by atoms with E-state index < -0.39 is 11.7 Å². The van der Waals surface area contributed by atoms with Gasteiger partial charge in [-0.1, -0.05) is 25.0 Å². The molecule has 0 aromatic heterocycles. The lowest BCUT2D eigenvalue weighted by atomic mass is 10.1. The third kappa shape index (κ3) is 8.40. The number of carbonyl (C=O) groups is 1. The molecule has 1 aromatic carbocycles. The maximum atomic E-state index is 10.0. The van der Waals surface area contributed by atoms with Crippen molar-refractivity contribution >= 4 is 11.8 Å². The highest BCUT2D eigenvalue weighted by Crippen LogP contribution is 2.33. The normalized spacial score (nSPS) is 14.2. The molecule has 0 unspecified atom stereocenters. The van der Waals surface area contributed by atoms with Crippen molar-refractivity contribution in [2.45, 2.75) is 52.1 Å². The number of benzene rings is 1. The number of primary amides is 1. The number of amides is 1. The van der Waals surface area contributed by atoms with Crippen LogP contribution in [0.25, 0.3) is 0 Å². The van der Waals surface area contributed by atoms with Crippen molar-refractivity contribution in [1.82, 2.24) is 0 Å². The van der Waals surface area contributed by atoms with E-state index in [1.165, 1.54) is 31.2 Å². The van der Waals surface area contributed by atoms with Crippen LogP contribution in [0.4, 0.5) is 10.5 Å². The second-order valence-corrected chi connectivity index (χ2v) is 6.26. The fourth-order valence-electron chi connectivity index (χ4n) is 1.76. The van der Waals surface area contributed by atoms with E-state index in [-0.39, 0.29) is 0 Å². The van der Waals surface area contributed by atoms with Gasteiger partial charge in [0.1, 0.15) is 5.60 Å². The number of carbonyl (C=O) groups excluding carboxylic acids is 1. The monoisotopic (exact) mass is 278 g/mol. The first-order chi connectivity index (χ1) is 9.26. The van der Waals surface area contributed by atoms with Crippen molar-refractivity contribution in [2.24, 2.45) is 11.7 Å². The summed E-state index contributed by atoms with van der Waals surface area (Å²) in [5.41, 5.74) is 12.2. The highest BCUT2D eigenvalue weighted by molar-refractivity contribution is 5.65. The molecule has 1 aromatic rings. The molecular formula is C16H26N2O2. The molecule has 0 heterocycles. The van der Waals surface area contributed by atoms with E-state index in [9.17, 15) is 4.79 Å². The number of hydrogen-bond acceptors (Lipinski definition) is 3. The van der Waals surface area contributed by atoms with Gasteiger partial charge < -0.3 is 16.2 Å². The van der Waals surface area contributed by atoms with Crippen molar-refractivity contribution in [3.05, 3.63) is 29.8 Å². The molecule has 20 heavy (non-hydrogen) atoms. The topological polar surface area (TPSA) is 78.3 Å². The van der Waals surface area contributed by atoms with Crippen LogP contribution < -0.4 is 11.5 Å². The smallest absolute Gasteiger partial charge is 0.405 e. The highest BCUT2D eigenvalue weighted by atomic mass is 16.6. The predicted molar refractivity (Wildman–Crippen MR) is 82.3 cm³/mol. The van der Waals surface area contributed by atoms with Gasteiger partial charge in [-0.25, -0.2) is 4.79 Å². The van der Waals surface area contributed by atoms with Gasteiger partial charge in [0, 0.05) is 5.69 Å². The summed E-state index contributed by atoms with van der Waals surface area (Å²) in [6.07, 6.45) is 4.77. The lowest BCUT2D eigenvalue weighted by molar-refractivity contribution is 0.0600. The number of nitrogen functional groups attached to an aromatic ring is 1. The SMILES string of the molecule is CC(C)(C)OC(N)=O.Nc1ccc(CCC2CC2)cc1. The third-order valence-electron chi connectivity index (χ3n) is 2.92. The molecule has 0 spiro atoms. The number of aryl methyl sites for hydroxylation is 1. The summed E-state index contributed by atoms with van der Waals surface area (Å²) < 4.78 is 4.58. The zero-order chi connectivity index (χ0) is 15.2. The molecule has 0 radical (unpaired) electrons. The predicted octanol–water partition coefficient (Wildman–Crippen LogP) is 3.49. The van der Waals surface area contributed by atoms with Crippen LogP contribution in [0.5, 0.6) is 0 Å². The first-order valence-electron chi connectivity index (χ1n) is 7.09. The van der Waals surface area contributed by atoms with Gasteiger partial charge in [0.25, 0.3) is 0 Å². The van der Waals surface area contributed by atoms with E-state index in [4.69, 9.17) is 11.5 Å². The highest BCUT2D eigenvalue weighted by Gasteiger charge is 2.20. The van der Waals surface area contributed by atoms with Crippen molar-refractivity contribution in [3.8, 4) is 0 Å². The van der Waals surface area contributed by atoms with Gasteiger partial charge >= 0.3 is 6.09 Å². The summed E-state index contributed by atoms with van der Waals surface area (Å²) in [5.74, 6) is 1.03. The second-order valence-electron chi connectivity index (χ2n) is 6.26. The van der Waals surface area contributed by atoms with Crippen LogP contribution in [0.1, 0.15) is 45.6 Å². The lowest BCUT2D eigenvalue weighted by Crippen LogP contribution is -2.27. The molecule has 0 saturated heterocycles. The zero-order valence-corrected chi connectivity index (χ0v) is 12.7. The minimum absolute atomic E-state index is 0.453.